The van der Waals surface area contributed by atoms with Crippen molar-refractivity contribution in [2.75, 3.05) is 7.11 Å². The highest BCUT2D eigenvalue weighted by Crippen LogP contribution is 2.35. The largest absolute Gasteiger partial charge is 0.508 e. The molecule has 0 heterocycles. The maximum Gasteiger partial charge on any atom is 0.200 e. The number of rotatable bonds is 3. The van der Waals surface area contributed by atoms with E-state index in [-0.39, 0.29) is 28.4 Å². The van der Waals surface area contributed by atoms with Crippen LogP contribution in [0.2, 0.25) is 0 Å². The fourth-order valence-electron chi connectivity index (χ4n) is 1.78. The molecule has 0 radical (unpaired) electrons. The van der Waals surface area contributed by atoms with Crippen LogP contribution in [-0.4, -0.2) is 33.3 Å². The second kappa shape index (κ2) is 5.00. The Morgan fingerprint density at radius 2 is 1.65 bits per heavy atom. The van der Waals surface area contributed by atoms with Gasteiger partial charge in [-0.05, 0) is 18.2 Å². The molecule has 0 spiro atoms. The molecule has 0 bridgehead atoms. The molecule has 2 rings (SSSR count). The number of aromatic hydroxyl groups is 4. The van der Waals surface area contributed by atoms with Crippen LogP contribution in [0.25, 0.3) is 0 Å². The first kappa shape index (κ1) is 13.5. The van der Waals surface area contributed by atoms with Crippen molar-refractivity contribution in [3.8, 4) is 28.7 Å². The van der Waals surface area contributed by atoms with E-state index in [1.807, 2.05) is 0 Å². The van der Waals surface area contributed by atoms with E-state index in [9.17, 15) is 25.2 Å². The molecular weight excluding hydrogens is 264 g/mol. The molecule has 2 aromatic rings. The summed E-state index contributed by atoms with van der Waals surface area (Å²) in [6, 6.07) is 5.72. The number of hydrogen-bond acceptors (Lipinski definition) is 6. The predicted molar refractivity (Wildman–Crippen MR) is 69.5 cm³/mol. The standard InChI is InChI=1S/C14H12O6/c1-20-12-6-8(15)5-11(18)13(12)14(19)7-2-3-9(16)10(17)4-7/h2-6,15-18H,1H3. The highest BCUT2D eigenvalue weighted by molar-refractivity contribution is 6.12. The Morgan fingerprint density at radius 1 is 0.950 bits per heavy atom. The van der Waals surface area contributed by atoms with Crippen molar-refractivity contribution in [2.24, 2.45) is 0 Å². The molecule has 6 nitrogen and oxygen atoms in total. The third kappa shape index (κ3) is 2.31. The van der Waals surface area contributed by atoms with Crippen LogP contribution in [-0.2, 0) is 0 Å². The van der Waals surface area contributed by atoms with Crippen LogP contribution in [0.3, 0.4) is 0 Å². The van der Waals surface area contributed by atoms with Crippen LogP contribution < -0.4 is 4.74 Å². The lowest BCUT2D eigenvalue weighted by atomic mass is 10.0. The lowest BCUT2D eigenvalue weighted by molar-refractivity contribution is 0.103. The Labute approximate surface area is 114 Å². The van der Waals surface area contributed by atoms with Gasteiger partial charge in [-0.1, -0.05) is 0 Å². The number of phenols is 4. The molecular formula is C14H12O6. The summed E-state index contributed by atoms with van der Waals surface area (Å²) in [5, 5.41) is 37.8. The molecule has 0 aliphatic heterocycles. The summed E-state index contributed by atoms with van der Waals surface area (Å²) in [7, 11) is 1.29. The Balaban J connectivity index is 2.55. The molecule has 0 saturated carbocycles. The molecule has 104 valence electrons. The van der Waals surface area contributed by atoms with Crippen molar-refractivity contribution < 1.29 is 30.0 Å². The topological polar surface area (TPSA) is 107 Å². The monoisotopic (exact) mass is 276 g/mol. The fourth-order valence-corrected chi connectivity index (χ4v) is 1.78. The molecule has 4 N–H and O–H groups in total. The van der Waals surface area contributed by atoms with Gasteiger partial charge in [0, 0.05) is 17.7 Å². The summed E-state index contributed by atoms with van der Waals surface area (Å²) in [6.45, 7) is 0. The minimum Gasteiger partial charge on any atom is -0.508 e. The van der Waals surface area contributed by atoms with Gasteiger partial charge in [-0.15, -0.1) is 0 Å². The van der Waals surface area contributed by atoms with Gasteiger partial charge in [0.25, 0.3) is 0 Å². The average Bonchev–Trinajstić information content (AvgIpc) is 2.40. The zero-order valence-electron chi connectivity index (χ0n) is 10.5. The second-order valence-electron chi connectivity index (χ2n) is 4.07. The molecule has 2 aromatic carbocycles. The molecule has 0 fully saturated rings. The highest BCUT2D eigenvalue weighted by Gasteiger charge is 2.21. The number of phenolic OH excluding ortho intramolecular Hbond substituents is 4. The van der Waals surface area contributed by atoms with E-state index in [2.05, 4.69) is 0 Å². The van der Waals surface area contributed by atoms with Gasteiger partial charge in [0.2, 0.25) is 5.78 Å². The van der Waals surface area contributed by atoms with Crippen LogP contribution in [0.15, 0.2) is 30.3 Å². The Kier molecular flexibility index (Phi) is 3.39. The van der Waals surface area contributed by atoms with Crippen LogP contribution in [0, 0.1) is 0 Å². The third-order valence-corrected chi connectivity index (χ3v) is 2.75. The van der Waals surface area contributed by atoms with Gasteiger partial charge in [-0.3, -0.25) is 4.79 Å². The molecule has 0 unspecified atom stereocenters. The van der Waals surface area contributed by atoms with E-state index in [0.29, 0.717) is 0 Å². The van der Waals surface area contributed by atoms with Crippen molar-refractivity contribution in [1.82, 2.24) is 0 Å². The zero-order valence-corrected chi connectivity index (χ0v) is 10.5. The third-order valence-electron chi connectivity index (χ3n) is 2.75. The lowest BCUT2D eigenvalue weighted by Crippen LogP contribution is -2.04. The van der Waals surface area contributed by atoms with E-state index >= 15 is 0 Å². The average molecular weight is 276 g/mol. The number of ether oxygens (including phenoxy) is 1. The summed E-state index contributed by atoms with van der Waals surface area (Å²) < 4.78 is 4.95. The maximum atomic E-state index is 12.3. The Bertz CT molecular complexity index is 678. The Hall–Kier alpha value is -2.89. The molecule has 6 heteroatoms. The maximum absolute atomic E-state index is 12.3. The summed E-state index contributed by atoms with van der Waals surface area (Å²) in [6.07, 6.45) is 0. The zero-order chi connectivity index (χ0) is 14.9. The summed E-state index contributed by atoms with van der Waals surface area (Å²) in [5.41, 5.74) is -0.0880. The lowest BCUT2D eigenvalue weighted by Gasteiger charge is -2.10. The van der Waals surface area contributed by atoms with Gasteiger partial charge in [-0.2, -0.15) is 0 Å². The van der Waals surface area contributed by atoms with Crippen molar-refractivity contribution in [3.63, 3.8) is 0 Å². The quantitative estimate of drug-likeness (QED) is 0.502. The van der Waals surface area contributed by atoms with Gasteiger partial charge in [-0.25, -0.2) is 0 Å². The summed E-state index contributed by atoms with van der Waals surface area (Å²) in [5.74, 6) is -2.12. The van der Waals surface area contributed by atoms with Crippen LogP contribution in [0.1, 0.15) is 15.9 Å². The van der Waals surface area contributed by atoms with Crippen LogP contribution in [0.5, 0.6) is 28.7 Å². The number of carbonyl (C=O) groups excluding carboxylic acids is 1. The van der Waals surface area contributed by atoms with Crippen LogP contribution in [0.4, 0.5) is 0 Å². The normalized spacial score (nSPS) is 10.2. The van der Waals surface area contributed by atoms with Crippen molar-refractivity contribution in [3.05, 3.63) is 41.5 Å². The van der Waals surface area contributed by atoms with Gasteiger partial charge in [0.15, 0.2) is 11.5 Å². The number of benzene rings is 2. The van der Waals surface area contributed by atoms with E-state index in [4.69, 9.17) is 4.74 Å². The van der Waals surface area contributed by atoms with Gasteiger partial charge >= 0.3 is 0 Å². The molecule has 0 amide bonds. The number of hydrogen-bond donors (Lipinski definition) is 4. The molecule has 0 aliphatic rings. The van der Waals surface area contributed by atoms with Crippen LogP contribution >= 0.6 is 0 Å². The smallest absolute Gasteiger partial charge is 0.200 e. The summed E-state index contributed by atoms with van der Waals surface area (Å²) >= 11 is 0. The van der Waals surface area contributed by atoms with Crippen molar-refractivity contribution in [2.45, 2.75) is 0 Å². The fraction of sp³-hybridized carbons (Fsp3) is 0.0714. The SMILES string of the molecule is COc1cc(O)cc(O)c1C(=O)c1ccc(O)c(O)c1. The molecule has 0 aliphatic carbocycles. The molecule has 0 atom stereocenters. The molecule has 0 saturated heterocycles. The number of methoxy groups -OCH3 is 1. The molecule has 20 heavy (non-hydrogen) atoms. The summed E-state index contributed by atoms with van der Waals surface area (Å²) in [4.78, 5) is 12.3. The first-order chi connectivity index (χ1) is 9.43. The number of ketones is 1. The minimum absolute atomic E-state index is 0.0000600. The predicted octanol–water partition coefficient (Wildman–Crippen LogP) is 1.75. The van der Waals surface area contributed by atoms with Gasteiger partial charge in [0.1, 0.15) is 22.8 Å². The van der Waals surface area contributed by atoms with Crippen molar-refractivity contribution >= 4 is 5.78 Å². The Morgan fingerprint density at radius 3 is 2.25 bits per heavy atom. The van der Waals surface area contributed by atoms with E-state index in [1.54, 1.807) is 0 Å². The first-order valence-corrected chi connectivity index (χ1v) is 5.60. The van der Waals surface area contributed by atoms with E-state index in [1.165, 1.54) is 19.2 Å². The minimum atomic E-state index is -0.616. The van der Waals surface area contributed by atoms with E-state index in [0.717, 1.165) is 18.2 Å². The number of carbonyl (C=O) groups is 1. The highest BCUT2D eigenvalue weighted by atomic mass is 16.5. The van der Waals surface area contributed by atoms with E-state index < -0.39 is 17.3 Å². The van der Waals surface area contributed by atoms with Gasteiger partial charge in [0.05, 0.1) is 7.11 Å². The first-order valence-electron chi connectivity index (χ1n) is 5.60. The van der Waals surface area contributed by atoms with Gasteiger partial charge < -0.3 is 25.2 Å². The van der Waals surface area contributed by atoms with Crippen molar-refractivity contribution in [1.29, 1.82) is 0 Å². The molecule has 0 aromatic heterocycles. The second-order valence-corrected chi connectivity index (χ2v) is 4.07.